The van der Waals surface area contributed by atoms with E-state index in [0.29, 0.717) is 12.5 Å². The van der Waals surface area contributed by atoms with E-state index in [1.807, 2.05) is 0 Å². The SMILES string of the molecule is CC(F)(c1ccc(CC(=O)O)cc1)C(F)(F)F. The average molecular weight is 250 g/mol. The molecule has 0 spiro atoms. The first-order chi connectivity index (χ1) is 7.64. The molecular formula is C11H10F4O2. The van der Waals surface area contributed by atoms with Gasteiger partial charge < -0.3 is 5.11 Å². The van der Waals surface area contributed by atoms with E-state index in [-0.39, 0.29) is 6.42 Å². The Hall–Kier alpha value is -1.59. The van der Waals surface area contributed by atoms with E-state index < -0.39 is 23.4 Å². The molecule has 0 saturated heterocycles. The molecule has 1 rings (SSSR count). The number of halogens is 4. The summed E-state index contributed by atoms with van der Waals surface area (Å²) in [6.07, 6.45) is -5.31. The predicted octanol–water partition coefficient (Wildman–Crippen LogP) is 3.06. The van der Waals surface area contributed by atoms with Gasteiger partial charge in [0.15, 0.2) is 0 Å². The van der Waals surface area contributed by atoms with Gasteiger partial charge in [0.2, 0.25) is 5.67 Å². The quantitative estimate of drug-likeness (QED) is 0.837. The van der Waals surface area contributed by atoms with Crippen LogP contribution >= 0.6 is 0 Å². The Bertz CT molecular complexity index is 406. The molecule has 1 aromatic rings. The molecule has 0 fully saturated rings. The summed E-state index contributed by atoms with van der Waals surface area (Å²) in [4.78, 5) is 10.4. The molecule has 94 valence electrons. The lowest BCUT2D eigenvalue weighted by Gasteiger charge is -2.24. The fraction of sp³-hybridized carbons (Fsp3) is 0.364. The van der Waals surface area contributed by atoms with Crippen LogP contribution in [0.4, 0.5) is 17.6 Å². The summed E-state index contributed by atoms with van der Waals surface area (Å²) in [5, 5.41) is 8.47. The molecule has 0 saturated carbocycles. The van der Waals surface area contributed by atoms with Gasteiger partial charge >= 0.3 is 12.1 Å². The zero-order chi connectivity index (χ0) is 13.3. The Morgan fingerprint density at radius 2 is 1.65 bits per heavy atom. The lowest BCUT2D eigenvalue weighted by molar-refractivity contribution is -0.228. The van der Waals surface area contributed by atoms with E-state index in [1.165, 1.54) is 12.1 Å². The minimum absolute atomic E-state index is 0.310. The molecule has 1 aromatic carbocycles. The van der Waals surface area contributed by atoms with E-state index >= 15 is 0 Å². The Balaban J connectivity index is 2.99. The molecular weight excluding hydrogens is 240 g/mol. The van der Waals surface area contributed by atoms with E-state index in [4.69, 9.17) is 5.11 Å². The average Bonchev–Trinajstić information content (AvgIpc) is 2.15. The maximum atomic E-state index is 13.5. The van der Waals surface area contributed by atoms with Crippen molar-refractivity contribution in [1.29, 1.82) is 0 Å². The van der Waals surface area contributed by atoms with Gasteiger partial charge in [-0.05, 0) is 18.1 Å². The van der Waals surface area contributed by atoms with Crippen LogP contribution in [0.1, 0.15) is 18.1 Å². The second-order valence-electron chi connectivity index (χ2n) is 3.77. The Kier molecular flexibility index (Phi) is 3.45. The number of carboxylic acids is 1. The van der Waals surface area contributed by atoms with E-state index in [2.05, 4.69) is 0 Å². The molecule has 0 amide bonds. The van der Waals surface area contributed by atoms with Crippen LogP contribution in [0, 0.1) is 0 Å². The van der Waals surface area contributed by atoms with Crippen molar-refractivity contribution in [2.45, 2.75) is 25.2 Å². The first-order valence-corrected chi connectivity index (χ1v) is 4.71. The highest BCUT2D eigenvalue weighted by Gasteiger charge is 2.53. The summed E-state index contributed by atoms with van der Waals surface area (Å²) in [5.41, 5.74) is -3.66. The van der Waals surface area contributed by atoms with E-state index in [1.54, 1.807) is 0 Å². The highest BCUT2D eigenvalue weighted by Crippen LogP contribution is 2.41. The summed E-state index contributed by atoms with van der Waals surface area (Å²) < 4.78 is 50.6. The summed E-state index contributed by atoms with van der Waals surface area (Å²) in [6, 6.07) is 4.25. The van der Waals surface area contributed by atoms with Gasteiger partial charge in [0.05, 0.1) is 6.42 Å². The molecule has 0 aromatic heterocycles. The highest BCUT2D eigenvalue weighted by molar-refractivity contribution is 5.70. The van der Waals surface area contributed by atoms with Crippen molar-refractivity contribution >= 4 is 5.97 Å². The van der Waals surface area contributed by atoms with E-state index in [0.717, 1.165) is 12.1 Å². The van der Waals surface area contributed by atoms with Crippen LogP contribution in [-0.4, -0.2) is 17.3 Å². The third-order valence-electron chi connectivity index (χ3n) is 2.38. The second-order valence-corrected chi connectivity index (χ2v) is 3.77. The molecule has 0 heterocycles. The minimum Gasteiger partial charge on any atom is -0.481 e. The third-order valence-corrected chi connectivity index (χ3v) is 2.38. The number of benzene rings is 1. The van der Waals surface area contributed by atoms with Gasteiger partial charge in [-0.25, -0.2) is 4.39 Å². The molecule has 1 atom stereocenters. The van der Waals surface area contributed by atoms with Gasteiger partial charge in [-0.1, -0.05) is 24.3 Å². The zero-order valence-corrected chi connectivity index (χ0v) is 8.88. The minimum atomic E-state index is -5.00. The van der Waals surface area contributed by atoms with Crippen LogP contribution in [0.5, 0.6) is 0 Å². The largest absolute Gasteiger partial charge is 0.481 e. The summed E-state index contributed by atoms with van der Waals surface area (Å²) in [5.74, 6) is -1.10. The zero-order valence-electron chi connectivity index (χ0n) is 8.88. The van der Waals surface area contributed by atoms with Crippen LogP contribution in [0.2, 0.25) is 0 Å². The Morgan fingerprint density at radius 3 is 2.00 bits per heavy atom. The van der Waals surface area contributed by atoms with Crippen molar-refractivity contribution in [3.63, 3.8) is 0 Å². The van der Waals surface area contributed by atoms with Crippen molar-refractivity contribution in [1.82, 2.24) is 0 Å². The van der Waals surface area contributed by atoms with Gasteiger partial charge in [-0.15, -0.1) is 0 Å². The monoisotopic (exact) mass is 250 g/mol. The first-order valence-electron chi connectivity index (χ1n) is 4.71. The third kappa shape index (κ3) is 2.95. The number of rotatable bonds is 3. The highest BCUT2D eigenvalue weighted by atomic mass is 19.4. The van der Waals surface area contributed by atoms with Gasteiger partial charge in [-0.2, -0.15) is 13.2 Å². The fourth-order valence-corrected chi connectivity index (χ4v) is 1.27. The molecule has 17 heavy (non-hydrogen) atoms. The summed E-state index contributed by atoms with van der Waals surface area (Å²) in [6.45, 7) is 0.430. The lowest BCUT2D eigenvalue weighted by Crippen LogP contribution is -2.34. The molecule has 0 radical (unpaired) electrons. The normalized spacial score (nSPS) is 15.4. The molecule has 0 bridgehead atoms. The number of aliphatic carboxylic acids is 1. The first kappa shape index (κ1) is 13.5. The second kappa shape index (κ2) is 4.35. The molecule has 0 aliphatic carbocycles. The maximum Gasteiger partial charge on any atom is 0.426 e. The van der Waals surface area contributed by atoms with Crippen molar-refractivity contribution in [3.05, 3.63) is 35.4 Å². The summed E-state index contributed by atoms with van der Waals surface area (Å²) >= 11 is 0. The summed E-state index contributed by atoms with van der Waals surface area (Å²) in [7, 11) is 0. The van der Waals surface area contributed by atoms with Crippen LogP contribution in [0.3, 0.4) is 0 Å². The lowest BCUT2D eigenvalue weighted by atomic mass is 9.96. The molecule has 6 heteroatoms. The van der Waals surface area contributed by atoms with Gasteiger partial charge in [0.25, 0.3) is 0 Å². The van der Waals surface area contributed by atoms with Crippen molar-refractivity contribution in [3.8, 4) is 0 Å². The van der Waals surface area contributed by atoms with Crippen LogP contribution in [0.25, 0.3) is 0 Å². The number of carboxylic acid groups (broad SMARTS) is 1. The predicted molar refractivity (Wildman–Crippen MR) is 52.3 cm³/mol. The molecule has 2 nitrogen and oxygen atoms in total. The number of hydrogen-bond donors (Lipinski definition) is 1. The standard InChI is InChI=1S/C11H10F4O2/c1-10(12,11(13,14)15)8-4-2-7(3-5-8)6-9(16)17/h2-5H,6H2,1H3,(H,16,17). The van der Waals surface area contributed by atoms with Crippen LogP contribution in [-0.2, 0) is 16.9 Å². The molecule has 1 N–H and O–H groups in total. The van der Waals surface area contributed by atoms with Crippen molar-refractivity contribution < 1.29 is 27.5 Å². The number of hydrogen-bond acceptors (Lipinski definition) is 1. The number of carbonyl (C=O) groups is 1. The van der Waals surface area contributed by atoms with Crippen molar-refractivity contribution in [2.75, 3.05) is 0 Å². The van der Waals surface area contributed by atoms with Crippen LogP contribution in [0.15, 0.2) is 24.3 Å². The van der Waals surface area contributed by atoms with Gasteiger partial charge in [0.1, 0.15) is 0 Å². The van der Waals surface area contributed by atoms with Gasteiger partial charge in [0, 0.05) is 0 Å². The van der Waals surface area contributed by atoms with Crippen molar-refractivity contribution in [2.24, 2.45) is 0 Å². The smallest absolute Gasteiger partial charge is 0.426 e. The maximum absolute atomic E-state index is 13.5. The topological polar surface area (TPSA) is 37.3 Å². The molecule has 1 unspecified atom stereocenters. The molecule has 0 aliphatic heterocycles. The fourth-order valence-electron chi connectivity index (χ4n) is 1.27. The molecule has 0 aliphatic rings. The van der Waals surface area contributed by atoms with Gasteiger partial charge in [-0.3, -0.25) is 4.79 Å². The number of alkyl halides is 4. The van der Waals surface area contributed by atoms with Crippen LogP contribution < -0.4 is 0 Å². The van der Waals surface area contributed by atoms with E-state index in [9.17, 15) is 22.4 Å². The Labute approximate surface area is 94.9 Å². The Morgan fingerprint density at radius 1 is 1.18 bits per heavy atom.